The summed E-state index contributed by atoms with van der Waals surface area (Å²) in [7, 11) is 1.49. The zero-order chi connectivity index (χ0) is 29.7. The van der Waals surface area contributed by atoms with Gasteiger partial charge in [-0.05, 0) is 42.5 Å². The van der Waals surface area contributed by atoms with E-state index in [1.54, 1.807) is 23.1 Å². The van der Waals surface area contributed by atoms with Crippen LogP contribution in [0.4, 0.5) is 13.2 Å². The first kappa shape index (κ1) is 30.0. The number of ether oxygens (including phenoxy) is 3. The molecule has 0 bridgehead atoms. The average molecular weight is 578 g/mol. The number of benzene rings is 2. The highest BCUT2D eigenvalue weighted by atomic mass is 19.1. The van der Waals surface area contributed by atoms with Crippen LogP contribution in [0.25, 0.3) is 10.9 Å². The predicted octanol–water partition coefficient (Wildman–Crippen LogP) is 3.87. The molecule has 1 saturated heterocycles. The molecule has 0 atom stereocenters. The summed E-state index contributed by atoms with van der Waals surface area (Å²) in [5.41, 5.74) is -0.747. The van der Waals surface area contributed by atoms with E-state index >= 15 is 4.39 Å². The Bertz CT molecular complexity index is 1490. The minimum absolute atomic E-state index is 0.0395. The third-order valence-electron chi connectivity index (χ3n) is 7.01. The van der Waals surface area contributed by atoms with Gasteiger partial charge in [0.15, 0.2) is 29.2 Å². The van der Waals surface area contributed by atoms with E-state index in [4.69, 9.17) is 14.2 Å². The Hall–Kier alpha value is -3.96. The summed E-state index contributed by atoms with van der Waals surface area (Å²) in [4.78, 5) is 40.4. The summed E-state index contributed by atoms with van der Waals surface area (Å²) in [5, 5.41) is -0.0425. The first-order valence-electron chi connectivity index (χ1n) is 13.5. The number of hydrogen-bond acceptors (Lipinski definition) is 6. The van der Waals surface area contributed by atoms with Gasteiger partial charge in [0.05, 0.1) is 31.2 Å². The average Bonchev–Trinajstić information content (AvgIpc) is 2.98. The van der Waals surface area contributed by atoms with Crippen LogP contribution >= 0.6 is 0 Å². The molecule has 1 fully saturated rings. The number of aromatic nitrogens is 2. The zero-order valence-electron chi connectivity index (χ0n) is 23.3. The first-order chi connectivity index (χ1) is 19.7. The number of likely N-dealkylation sites (tertiary alicyclic amines) is 1. The Morgan fingerprint density at radius 1 is 1.02 bits per heavy atom. The number of fused-ring (bicyclic) bond motifs is 1. The molecule has 0 saturated carbocycles. The lowest BCUT2D eigenvalue weighted by molar-refractivity contribution is -0.119. The Labute approximate surface area is 235 Å². The molecule has 1 aliphatic heterocycles. The van der Waals surface area contributed by atoms with Crippen LogP contribution in [0.2, 0.25) is 0 Å². The number of amides is 1. The highest BCUT2D eigenvalue weighted by molar-refractivity contribution is 5.80. The Balaban J connectivity index is 1.84. The molecule has 222 valence electrons. The van der Waals surface area contributed by atoms with E-state index < -0.39 is 48.3 Å². The molecule has 12 heteroatoms. The fourth-order valence-corrected chi connectivity index (χ4v) is 4.86. The van der Waals surface area contributed by atoms with Crippen LogP contribution < -0.4 is 25.5 Å². The molecule has 0 unspecified atom stereocenters. The molecule has 2 heterocycles. The molecular weight excluding hydrogens is 543 g/mol. The van der Waals surface area contributed by atoms with E-state index in [0.717, 1.165) is 23.1 Å². The van der Waals surface area contributed by atoms with Crippen molar-refractivity contribution in [3.8, 4) is 17.2 Å². The third kappa shape index (κ3) is 6.52. The van der Waals surface area contributed by atoms with Crippen molar-refractivity contribution in [2.45, 2.75) is 45.4 Å². The van der Waals surface area contributed by atoms with Crippen molar-refractivity contribution in [3.05, 3.63) is 62.6 Å². The van der Waals surface area contributed by atoms with Crippen molar-refractivity contribution in [3.63, 3.8) is 0 Å². The second-order valence-electron chi connectivity index (χ2n) is 10.5. The van der Waals surface area contributed by atoms with Gasteiger partial charge in [-0.2, -0.15) is 0 Å². The van der Waals surface area contributed by atoms with Crippen LogP contribution in [0.5, 0.6) is 17.2 Å². The Morgan fingerprint density at radius 2 is 1.73 bits per heavy atom. The number of rotatable bonds is 12. The molecule has 1 aliphatic rings. The van der Waals surface area contributed by atoms with Crippen molar-refractivity contribution < 1.29 is 32.2 Å². The highest BCUT2D eigenvalue weighted by Crippen LogP contribution is 2.30. The van der Waals surface area contributed by atoms with E-state index in [1.807, 2.05) is 13.8 Å². The Morgan fingerprint density at radius 3 is 2.34 bits per heavy atom. The highest BCUT2D eigenvalue weighted by Gasteiger charge is 2.26. The maximum absolute atomic E-state index is 15.1. The van der Waals surface area contributed by atoms with Gasteiger partial charge in [0.1, 0.15) is 13.3 Å². The monoisotopic (exact) mass is 577 g/mol. The fourth-order valence-electron chi connectivity index (χ4n) is 4.86. The smallest absolute Gasteiger partial charge is 0.332 e. The summed E-state index contributed by atoms with van der Waals surface area (Å²) in [5.74, 6) is -0.212. The van der Waals surface area contributed by atoms with Gasteiger partial charge in [-0.25, -0.2) is 18.0 Å². The number of methoxy groups -OCH3 is 1. The van der Waals surface area contributed by atoms with Crippen LogP contribution in [0.15, 0.2) is 39.9 Å². The zero-order valence-corrected chi connectivity index (χ0v) is 23.3. The largest absolute Gasteiger partial charge is 0.493 e. The van der Waals surface area contributed by atoms with E-state index in [2.05, 4.69) is 0 Å². The number of hydrogen-bond donors (Lipinski definition) is 0. The second kappa shape index (κ2) is 13.1. The number of halogens is 3. The van der Waals surface area contributed by atoms with Gasteiger partial charge in [-0.1, -0.05) is 19.9 Å². The topological polar surface area (TPSA) is 92.0 Å². The lowest BCUT2D eigenvalue weighted by Crippen LogP contribution is -2.44. The molecule has 41 heavy (non-hydrogen) atoms. The van der Waals surface area contributed by atoms with Crippen molar-refractivity contribution in [1.29, 1.82) is 0 Å². The maximum atomic E-state index is 15.1. The van der Waals surface area contributed by atoms with E-state index in [1.165, 1.54) is 11.7 Å². The molecule has 0 spiro atoms. The minimum atomic E-state index is -1.54. The molecule has 3 aromatic rings. The van der Waals surface area contributed by atoms with Crippen LogP contribution in [0.1, 0.15) is 38.3 Å². The predicted molar refractivity (Wildman–Crippen MR) is 147 cm³/mol. The van der Waals surface area contributed by atoms with Crippen molar-refractivity contribution in [1.82, 2.24) is 14.0 Å². The van der Waals surface area contributed by atoms with Crippen molar-refractivity contribution in [2.24, 2.45) is 5.92 Å². The van der Waals surface area contributed by atoms with Gasteiger partial charge in [0.2, 0.25) is 6.41 Å². The second-order valence-corrected chi connectivity index (χ2v) is 10.5. The van der Waals surface area contributed by atoms with E-state index in [-0.39, 0.29) is 23.4 Å². The fraction of sp³-hybridized carbons (Fsp3) is 0.483. The maximum Gasteiger partial charge on any atom is 0.332 e. The van der Waals surface area contributed by atoms with Crippen LogP contribution in [-0.2, 0) is 11.3 Å². The number of carbonyl (C=O) groups is 1. The van der Waals surface area contributed by atoms with Crippen LogP contribution in [0.3, 0.4) is 0 Å². The molecule has 0 aliphatic carbocycles. The molecule has 1 aromatic heterocycles. The molecular formula is C29H34F3N3O6. The summed E-state index contributed by atoms with van der Waals surface area (Å²) in [6.07, 6.45) is 0.0161. The van der Waals surface area contributed by atoms with E-state index in [0.29, 0.717) is 49.6 Å². The van der Waals surface area contributed by atoms with Crippen LogP contribution in [0, 0.1) is 11.7 Å². The van der Waals surface area contributed by atoms with Crippen molar-refractivity contribution in [2.75, 3.05) is 40.2 Å². The molecule has 1 amide bonds. The van der Waals surface area contributed by atoms with Gasteiger partial charge in [0, 0.05) is 25.2 Å². The third-order valence-corrected chi connectivity index (χ3v) is 7.01. The van der Waals surface area contributed by atoms with E-state index in [9.17, 15) is 23.2 Å². The van der Waals surface area contributed by atoms with Gasteiger partial charge >= 0.3 is 5.69 Å². The quantitative estimate of drug-likeness (QED) is 0.304. The van der Waals surface area contributed by atoms with Gasteiger partial charge in [-0.15, -0.1) is 0 Å². The van der Waals surface area contributed by atoms with Gasteiger partial charge < -0.3 is 19.1 Å². The summed E-state index contributed by atoms with van der Waals surface area (Å²) in [6.45, 7) is 2.75. The lowest BCUT2D eigenvalue weighted by Gasteiger charge is -2.31. The molecule has 0 N–H and O–H groups in total. The number of carbonyl (C=O) groups excluding carboxylic acids is 1. The number of alkyl halides is 2. The van der Waals surface area contributed by atoms with Crippen molar-refractivity contribution >= 4 is 17.3 Å². The summed E-state index contributed by atoms with van der Waals surface area (Å²) in [6, 6.07) is 6.73. The van der Waals surface area contributed by atoms with Gasteiger partial charge in [0.25, 0.3) is 5.56 Å². The normalized spacial score (nSPS) is 14.2. The molecule has 0 radical (unpaired) electrons. The summed E-state index contributed by atoms with van der Waals surface area (Å²) >= 11 is 0. The minimum Gasteiger partial charge on any atom is -0.493 e. The molecule has 9 nitrogen and oxygen atoms in total. The molecule has 2 aromatic carbocycles. The molecule has 4 rings (SSSR count). The van der Waals surface area contributed by atoms with Crippen LogP contribution in [-0.4, -0.2) is 66.7 Å². The SMILES string of the molecule is COc1cc(Cn2c(=O)c3cc(OC(CF)CF)c(F)cc3n(C3CCN(C=O)CC3)c2=O)ccc1OCC(C)C. The lowest BCUT2D eigenvalue weighted by atomic mass is 10.0. The summed E-state index contributed by atoms with van der Waals surface area (Å²) < 4.78 is 60.2. The number of piperidine rings is 1. The standard InChI is InChI=1S/C29H34F3N3O6/c1-18(2)16-40-25-5-4-19(10-27(25)39-3)15-34-28(37)22-11-26(41-21(13-30)14-31)23(32)12-24(22)35(29(34)38)20-6-8-33(17-36)9-7-20/h4-5,10-12,17-18,20-21H,6-9,13-16H2,1-3H3. The first-order valence-corrected chi connectivity index (χ1v) is 13.5. The Kier molecular flexibility index (Phi) is 9.61. The van der Waals surface area contributed by atoms with Gasteiger partial charge in [-0.3, -0.25) is 18.7 Å². The number of nitrogens with zero attached hydrogens (tertiary/aromatic N) is 3.